The minimum atomic E-state index is -1.12. The Bertz CT molecular complexity index is 500. The Morgan fingerprint density at radius 2 is 2.00 bits per heavy atom. The van der Waals surface area contributed by atoms with Gasteiger partial charge in [0.2, 0.25) is 11.8 Å². The second-order valence-electron chi connectivity index (χ2n) is 5.80. The highest BCUT2D eigenvalue weighted by atomic mass is 16.3. The van der Waals surface area contributed by atoms with Gasteiger partial charge in [-0.2, -0.15) is 0 Å². The van der Waals surface area contributed by atoms with Crippen molar-refractivity contribution in [3.05, 3.63) is 35.4 Å². The summed E-state index contributed by atoms with van der Waals surface area (Å²) in [6, 6.07) is 6.83. The number of amides is 2. The third kappa shape index (κ3) is 5.95. The lowest BCUT2D eigenvalue weighted by atomic mass is 10.0. The van der Waals surface area contributed by atoms with Crippen molar-refractivity contribution < 1.29 is 14.7 Å². The van der Waals surface area contributed by atoms with Crippen LogP contribution >= 0.6 is 0 Å². The number of hydrogen-bond donors (Lipinski definition) is 3. The molecule has 0 unspecified atom stereocenters. The summed E-state index contributed by atoms with van der Waals surface area (Å²) in [6.45, 7) is 5.78. The summed E-state index contributed by atoms with van der Waals surface area (Å²) in [4.78, 5) is 23.4. The minimum Gasteiger partial charge on any atom is -0.383 e. The number of benzene rings is 1. The van der Waals surface area contributed by atoms with Crippen molar-refractivity contribution >= 4 is 11.8 Å². The number of nitrogens with one attached hydrogen (secondary N) is 1. The molecule has 0 heterocycles. The summed E-state index contributed by atoms with van der Waals surface area (Å²) in [5.41, 5.74) is 7.32. The van der Waals surface area contributed by atoms with Crippen LogP contribution in [0.5, 0.6) is 0 Å². The SMILES string of the molecule is Cc1cccc(C[C@H](NC(=O)[C@@H](O)CC(C)C)C(N)=O)c1. The largest absolute Gasteiger partial charge is 0.383 e. The highest BCUT2D eigenvalue weighted by molar-refractivity contribution is 5.88. The predicted molar refractivity (Wildman–Crippen MR) is 81.5 cm³/mol. The number of rotatable bonds is 7. The first kappa shape index (κ1) is 17.2. The maximum atomic E-state index is 11.9. The van der Waals surface area contributed by atoms with E-state index in [4.69, 9.17) is 5.73 Å². The fraction of sp³-hybridized carbons (Fsp3) is 0.500. The smallest absolute Gasteiger partial charge is 0.249 e. The zero-order valence-corrected chi connectivity index (χ0v) is 12.8. The molecule has 0 aromatic heterocycles. The van der Waals surface area contributed by atoms with Crippen LogP contribution in [0.4, 0.5) is 0 Å². The third-order valence-electron chi connectivity index (χ3n) is 3.18. The lowest BCUT2D eigenvalue weighted by Crippen LogP contribution is -2.49. The Kier molecular flexibility index (Phi) is 6.37. The Hall–Kier alpha value is -1.88. The van der Waals surface area contributed by atoms with Gasteiger partial charge in [-0.15, -0.1) is 0 Å². The van der Waals surface area contributed by atoms with Crippen molar-refractivity contribution in [3.63, 3.8) is 0 Å². The van der Waals surface area contributed by atoms with Crippen molar-refractivity contribution in [2.24, 2.45) is 11.7 Å². The van der Waals surface area contributed by atoms with Crippen LogP contribution in [0.3, 0.4) is 0 Å². The van der Waals surface area contributed by atoms with Crippen LogP contribution in [0, 0.1) is 12.8 Å². The van der Waals surface area contributed by atoms with Gasteiger partial charge in [0.25, 0.3) is 0 Å². The summed E-state index contributed by atoms with van der Waals surface area (Å²) in [5.74, 6) is -0.976. The number of carbonyl (C=O) groups is 2. The fourth-order valence-corrected chi connectivity index (χ4v) is 2.12. The molecule has 4 N–H and O–H groups in total. The van der Waals surface area contributed by atoms with E-state index in [-0.39, 0.29) is 5.92 Å². The minimum absolute atomic E-state index is 0.189. The van der Waals surface area contributed by atoms with E-state index >= 15 is 0 Å². The first-order valence-electron chi connectivity index (χ1n) is 7.13. The van der Waals surface area contributed by atoms with Crippen LogP contribution in [0.1, 0.15) is 31.4 Å². The van der Waals surface area contributed by atoms with Gasteiger partial charge in [0, 0.05) is 6.42 Å². The van der Waals surface area contributed by atoms with Crippen molar-refractivity contribution in [2.45, 2.75) is 45.8 Å². The van der Waals surface area contributed by atoms with Crippen LogP contribution in [0.15, 0.2) is 24.3 Å². The average molecular weight is 292 g/mol. The van der Waals surface area contributed by atoms with E-state index in [9.17, 15) is 14.7 Å². The van der Waals surface area contributed by atoms with Crippen LogP contribution < -0.4 is 11.1 Å². The summed E-state index contributed by atoms with van der Waals surface area (Å²) >= 11 is 0. The first-order valence-corrected chi connectivity index (χ1v) is 7.13. The van der Waals surface area contributed by atoms with E-state index < -0.39 is 24.0 Å². The Balaban J connectivity index is 2.70. The Morgan fingerprint density at radius 3 is 2.52 bits per heavy atom. The zero-order valence-electron chi connectivity index (χ0n) is 12.8. The summed E-state index contributed by atoms with van der Waals surface area (Å²) < 4.78 is 0. The van der Waals surface area contributed by atoms with Crippen molar-refractivity contribution in [3.8, 4) is 0 Å². The van der Waals surface area contributed by atoms with Crippen LogP contribution in [-0.4, -0.2) is 29.1 Å². The van der Waals surface area contributed by atoms with Crippen molar-refractivity contribution in [1.29, 1.82) is 0 Å². The number of carbonyl (C=O) groups excluding carboxylic acids is 2. The van der Waals surface area contributed by atoms with Gasteiger partial charge in [-0.1, -0.05) is 43.7 Å². The van der Waals surface area contributed by atoms with E-state index in [0.717, 1.165) is 11.1 Å². The van der Waals surface area contributed by atoms with Crippen LogP contribution in [-0.2, 0) is 16.0 Å². The fourth-order valence-electron chi connectivity index (χ4n) is 2.12. The van der Waals surface area contributed by atoms with Crippen LogP contribution in [0.25, 0.3) is 0 Å². The summed E-state index contributed by atoms with van der Waals surface area (Å²) in [5, 5.41) is 12.3. The molecule has 0 aliphatic carbocycles. The molecule has 21 heavy (non-hydrogen) atoms. The van der Waals surface area contributed by atoms with E-state index in [2.05, 4.69) is 5.32 Å². The quantitative estimate of drug-likeness (QED) is 0.697. The Morgan fingerprint density at radius 1 is 1.33 bits per heavy atom. The molecular formula is C16H24N2O3. The number of aliphatic hydroxyl groups excluding tert-OH is 1. The molecule has 5 nitrogen and oxygen atoms in total. The molecule has 0 fully saturated rings. The highest BCUT2D eigenvalue weighted by Gasteiger charge is 2.23. The van der Waals surface area contributed by atoms with E-state index in [1.165, 1.54) is 0 Å². The molecule has 0 saturated carbocycles. The Labute approximate surface area is 125 Å². The molecule has 0 aliphatic heterocycles. The van der Waals surface area contributed by atoms with Gasteiger partial charge in [-0.25, -0.2) is 0 Å². The van der Waals surface area contributed by atoms with Gasteiger partial charge in [0.05, 0.1) is 0 Å². The number of aryl methyl sites for hydroxylation is 1. The number of aliphatic hydroxyl groups is 1. The molecular weight excluding hydrogens is 268 g/mol. The maximum absolute atomic E-state index is 11.9. The van der Waals surface area contributed by atoms with E-state index in [1.54, 1.807) is 0 Å². The summed E-state index contributed by atoms with van der Waals surface area (Å²) in [6.07, 6.45) is -0.455. The van der Waals surface area contributed by atoms with Gasteiger partial charge in [0.1, 0.15) is 12.1 Å². The highest BCUT2D eigenvalue weighted by Crippen LogP contribution is 2.08. The van der Waals surface area contributed by atoms with Gasteiger partial charge in [0.15, 0.2) is 0 Å². The van der Waals surface area contributed by atoms with Crippen molar-refractivity contribution in [2.75, 3.05) is 0 Å². The number of nitrogens with two attached hydrogens (primary N) is 1. The van der Waals surface area contributed by atoms with Gasteiger partial charge in [-0.05, 0) is 24.8 Å². The lowest BCUT2D eigenvalue weighted by Gasteiger charge is -2.19. The first-order chi connectivity index (χ1) is 9.79. The topological polar surface area (TPSA) is 92.4 Å². The van der Waals surface area contributed by atoms with Crippen LogP contribution in [0.2, 0.25) is 0 Å². The zero-order chi connectivity index (χ0) is 16.0. The molecule has 5 heteroatoms. The third-order valence-corrected chi connectivity index (χ3v) is 3.18. The molecule has 0 bridgehead atoms. The molecule has 2 amide bonds. The molecule has 0 saturated heterocycles. The molecule has 0 aliphatic rings. The van der Waals surface area contributed by atoms with Gasteiger partial charge < -0.3 is 16.2 Å². The molecule has 2 atom stereocenters. The molecule has 1 aromatic rings. The standard InChI is InChI=1S/C16H24N2O3/c1-10(2)7-14(19)16(21)18-13(15(17)20)9-12-6-4-5-11(3)8-12/h4-6,8,10,13-14,19H,7,9H2,1-3H3,(H2,17,20)(H,18,21)/t13-,14-/m0/s1. The molecule has 0 radical (unpaired) electrons. The number of hydrogen-bond acceptors (Lipinski definition) is 3. The molecule has 1 aromatic carbocycles. The molecule has 0 spiro atoms. The predicted octanol–water partition coefficient (Wildman–Crippen LogP) is 0.915. The van der Waals surface area contributed by atoms with E-state index in [0.29, 0.717) is 12.8 Å². The number of primary amides is 1. The average Bonchev–Trinajstić information content (AvgIpc) is 2.36. The van der Waals surface area contributed by atoms with E-state index in [1.807, 2.05) is 45.0 Å². The molecule has 116 valence electrons. The second-order valence-corrected chi connectivity index (χ2v) is 5.80. The maximum Gasteiger partial charge on any atom is 0.249 e. The van der Waals surface area contributed by atoms with Gasteiger partial charge >= 0.3 is 0 Å². The van der Waals surface area contributed by atoms with Crippen molar-refractivity contribution in [1.82, 2.24) is 5.32 Å². The monoisotopic (exact) mass is 292 g/mol. The normalized spacial score (nSPS) is 13.8. The summed E-state index contributed by atoms with van der Waals surface area (Å²) in [7, 11) is 0. The van der Waals surface area contributed by atoms with Gasteiger partial charge in [-0.3, -0.25) is 9.59 Å². The second kappa shape index (κ2) is 7.78. The molecule has 1 rings (SSSR count). The lowest BCUT2D eigenvalue weighted by molar-refractivity contribution is -0.133.